The van der Waals surface area contributed by atoms with Crippen LogP contribution in [0.3, 0.4) is 0 Å². The fourth-order valence-corrected chi connectivity index (χ4v) is 6.56. The Bertz CT molecular complexity index is 1720. The lowest BCUT2D eigenvalue weighted by molar-refractivity contribution is -0.123. The van der Waals surface area contributed by atoms with Crippen LogP contribution in [0, 0.1) is 0 Å². The molecule has 2 N–H and O–H groups in total. The Balaban J connectivity index is 1.34. The van der Waals surface area contributed by atoms with Crippen molar-refractivity contribution in [1.29, 1.82) is 0 Å². The van der Waals surface area contributed by atoms with E-state index in [0.29, 0.717) is 45.6 Å². The van der Waals surface area contributed by atoms with Gasteiger partial charge in [-0.1, -0.05) is 109 Å². The van der Waals surface area contributed by atoms with Crippen molar-refractivity contribution in [2.45, 2.75) is 37.8 Å². The van der Waals surface area contributed by atoms with Crippen LogP contribution in [0.5, 0.6) is 0 Å². The van der Waals surface area contributed by atoms with Crippen molar-refractivity contribution in [2.24, 2.45) is 0 Å². The summed E-state index contributed by atoms with van der Waals surface area (Å²) in [5.74, 6) is -0.410. The molecule has 0 aromatic heterocycles. The molecule has 0 spiro atoms. The molecule has 1 heterocycles. The van der Waals surface area contributed by atoms with Crippen molar-refractivity contribution in [3.8, 4) is 0 Å². The Morgan fingerprint density at radius 3 is 2.09 bits per heavy atom. The number of nitrogens with one attached hydrogen (secondary N) is 2. The molecule has 1 fully saturated rings. The van der Waals surface area contributed by atoms with E-state index in [4.69, 9.17) is 4.74 Å². The molecule has 8 nitrogen and oxygen atoms in total. The van der Waals surface area contributed by atoms with Crippen molar-refractivity contribution in [3.05, 3.63) is 131 Å². The Kier molecular flexibility index (Phi) is 11.6. The number of fused-ring (bicyclic) bond motifs is 1. The first-order valence-corrected chi connectivity index (χ1v) is 17.5. The predicted molar refractivity (Wildman–Crippen MR) is 182 cm³/mol. The minimum Gasteiger partial charge on any atom is -0.378 e. The fraction of sp³-hybridized carbons (Fsp3) is 0.297. The van der Waals surface area contributed by atoms with Gasteiger partial charge < -0.3 is 20.3 Å². The zero-order valence-corrected chi connectivity index (χ0v) is 26.7. The normalized spacial score (nSPS) is 15.0. The maximum atomic E-state index is 13.9. The van der Waals surface area contributed by atoms with Gasteiger partial charge in [0.15, 0.2) is 9.84 Å². The van der Waals surface area contributed by atoms with E-state index < -0.39 is 21.9 Å². The zero-order valence-electron chi connectivity index (χ0n) is 25.9. The highest BCUT2D eigenvalue weighted by Gasteiger charge is 2.26. The molecule has 4 aromatic carbocycles. The second kappa shape index (κ2) is 16.2. The molecule has 4 aromatic rings. The summed E-state index contributed by atoms with van der Waals surface area (Å²) in [5, 5.41) is 9.35. The molecule has 5 rings (SSSR count). The highest BCUT2D eigenvalue weighted by Crippen LogP contribution is 2.17. The summed E-state index contributed by atoms with van der Waals surface area (Å²) in [5.41, 5.74) is 2.93. The van der Waals surface area contributed by atoms with E-state index in [1.165, 1.54) is 5.41 Å². The summed E-state index contributed by atoms with van der Waals surface area (Å²) in [7, 11) is -3.54. The van der Waals surface area contributed by atoms with Crippen LogP contribution in [0.1, 0.15) is 23.1 Å². The number of sulfone groups is 1. The highest BCUT2D eigenvalue weighted by molar-refractivity contribution is 7.94. The van der Waals surface area contributed by atoms with Crippen LogP contribution in [-0.2, 0) is 38.6 Å². The van der Waals surface area contributed by atoms with Crippen LogP contribution in [-0.4, -0.2) is 69.4 Å². The van der Waals surface area contributed by atoms with Gasteiger partial charge in [0.2, 0.25) is 5.91 Å². The second-order valence-electron chi connectivity index (χ2n) is 11.6. The summed E-state index contributed by atoms with van der Waals surface area (Å²) < 4.78 is 31.4. The molecule has 3 amide bonds. The standard InChI is InChI=1S/C37H41N3O5S/c41-36(35(39-37(42)40-21-23-45-24-22-40)28-31-15-17-32-13-7-8-14-33(32)27-31)38-34(18-16-29-9-3-1-4-10-29)20-26-46(43,44)25-19-30-11-5-2-6-12-30/h1-15,17,20,26-27,34-35H,16,18-19,21-25,28H2,(H,38,41)(H,39,42)/b26-20+/t34-,35-/m0/s1. The van der Waals surface area contributed by atoms with Crippen molar-refractivity contribution < 1.29 is 22.7 Å². The fourth-order valence-electron chi connectivity index (χ4n) is 5.47. The summed E-state index contributed by atoms with van der Waals surface area (Å²) in [6.07, 6.45) is 3.36. The van der Waals surface area contributed by atoms with Crippen molar-refractivity contribution >= 4 is 32.5 Å². The number of carbonyl (C=O) groups excluding carboxylic acids is 2. The minimum atomic E-state index is -3.54. The Labute approximate surface area is 271 Å². The van der Waals surface area contributed by atoms with E-state index >= 15 is 0 Å². The molecule has 2 atom stereocenters. The summed E-state index contributed by atoms with van der Waals surface area (Å²) >= 11 is 0. The topological polar surface area (TPSA) is 105 Å². The zero-order chi connectivity index (χ0) is 32.2. The molecule has 1 aliphatic heterocycles. The van der Waals surface area contributed by atoms with Gasteiger partial charge in [0, 0.05) is 31.0 Å². The Morgan fingerprint density at radius 1 is 0.761 bits per heavy atom. The molecule has 0 saturated carbocycles. The highest BCUT2D eigenvalue weighted by atomic mass is 32.2. The average Bonchev–Trinajstić information content (AvgIpc) is 3.09. The first-order valence-electron chi connectivity index (χ1n) is 15.7. The van der Waals surface area contributed by atoms with Gasteiger partial charge in [-0.2, -0.15) is 0 Å². The van der Waals surface area contributed by atoms with Gasteiger partial charge in [0.1, 0.15) is 6.04 Å². The van der Waals surface area contributed by atoms with E-state index in [1.54, 1.807) is 11.0 Å². The number of carbonyl (C=O) groups is 2. The maximum Gasteiger partial charge on any atom is 0.318 e. The van der Waals surface area contributed by atoms with Crippen molar-refractivity contribution in [2.75, 3.05) is 32.1 Å². The molecule has 46 heavy (non-hydrogen) atoms. The molecule has 0 radical (unpaired) electrons. The van der Waals surface area contributed by atoms with Gasteiger partial charge in [0.05, 0.1) is 19.0 Å². The van der Waals surface area contributed by atoms with E-state index in [0.717, 1.165) is 27.5 Å². The number of amides is 3. The van der Waals surface area contributed by atoms with E-state index in [2.05, 4.69) is 10.6 Å². The van der Waals surface area contributed by atoms with E-state index in [1.807, 2.05) is 103 Å². The molecule has 240 valence electrons. The third-order valence-corrected chi connectivity index (χ3v) is 9.46. The largest absolute Gasteiger partial charge is 0.378 e. The SMILES string of the molecule is O=C(N[C@H](/C=C/S(=O)(=O)CCc1ccccc1)CCc1ccccc1)[C@H](Cc1ccc2ccccc2c1)NC(=O)N1CCOCC1. The molecule has 0 aliphatic carbocycles. The number of morpholine rings is 1. The third kappa shape index (κ3) is 10.0. The van der Waals surface area contributed by atoms with Crippen molar-refractivity contribution in [1.82, 2.24) is 15.5 Å². The van der Waals surface area contributed by atoms with Gasteiger partial charge in [-0.15, -0.1) is 0 Å². The minimum absolute atomic E-state index is 0.0347. The maximum absolute atomic E-state index is 13.9. The Morgan fingerprint density at radius 2 is 1.39 bits per heavy atom. The quantitative estimate of drug-likeness (QED) is 0.212. The number of hydrogen-bond donors (Lipinski definition) is 2. The number of ether oxygens (including phenoxy) is 1. The molecular formula is C37H41N3O5S. The molecule has 9 heteroatoms. The number of benzene rings is 4. The van der Waals surface area contributed by atoms with Gasteiger partial charge in [-0.05, 0) is 46.7 Å². The first kappa shape index (κ1) is 32.9. The van der Waals surface area contributed by atoms with E-state index in [9.17, 15) is 18.0 Å². The van der Waals surface area contributed by atoms with Crippen LogP contribution in [0.2, 0.25) is 0 Å². The Hall–Kier alpha value is -4.47. The molecule has 1 saturated heterocycles. The van der Waals surface area contributed by atoms with Crippen LogP contribution in [0.25, 0.3) is 10.8 Å². The van der Waals surface area contributed by atoms with Gasteiger partial charge in [-0.3, -0.25) is 4.79 Å². The summed E-state index contributed by atoms with van der Waals surface area (Å²) in [4.78, 5) is 28.8. The van der Waals surface area contributed by atoms with Crippen molar-refractivity contribution in [3.63, 3.8) is 0 Å². The lowest BCUT2D eigenvalue weighted by atomic mass is 10.0. The van der Waals surface area contributed by atoms with Crippen LogP contribution in [0.4, 0.5) is 4.79 Å². The van der Waals surface area contributed by atoms with Crippen LogP contribution in [0.15, 0.2) is 115 Å². The number of rotatable bonds is 13. The summed E-state index contributed by atoms with van der Waals surface area (Å²) in [6, 6.07) is 31.6. The monoisotopic (exact) mass is 639 g/mol. The third-order valence-electron chi connectivity index (χ3n) is 8.12. The number of nitrogens with zero attached hydrogens (tertiary/aromatic N) is 1. The average molecular weight is 640 g/mol. The molecular weight excluding hydrogens is 598 g/mol. The lowest BCUT2D eigenvalue weighted by Crippen LogP contribution is -2.55. The molecule has 0 unspecified atom stereocenters. The number of aryl methyl sites for hydroxylation is 2. The number of hydrogen-bond acceptors (Lipinski definition) is 5. The lowest BCUT2D eigenvalue weighted by Gasteiger charge is -2.29. The van der Waals surface area contributed by atoms with Gasteiger partial charge in [-0.25, -0.2) is 13.2 Å². The number of urea groups is 1. The molecule has 0 bridgehead atoms. The molecule has 1 aliphatic rings. The summed E-state index contributed by atoms with van der Waals surface area (Å²) in [6.45, 7) is 1.78. The smallest absolute Gasteiger partial charge is 0.318 e. The second-order valence-corrected chi connectivity index (χ2v) is 13.6. The van der Waals surface area contributed by atoms with E-state index in [-0.39, 0.29) is 24.1 Å². The van der Waals surface area contributed by atoms with Gasteiger partial charge in [0.25, 0.3) is 0 Å². The van der Waals surface area contributed by atoms with Crippen LogP contribution >= 0.6 is 0 Å². The van der Waals surface area contributed by atoms with Gasteiger partial charge >= 0.3 is 6.03 Å². The first-order chi connectivity index (χ1) is 22.3. The van der Waals surface area contributed by atoms with Crippen LogP contribution < -0.4 is 10.6 Å². The predicted octanol–water partition coefficient (Wildman–Crippen LogP) is 5.08.